The topological polar surface area (TPSA) is 78.9 Å². The van der Waals surface area contributed by atoms with Crippen LogP contribution in [-0.2, 0) is 4.74 Å². The Bertz CT molecular complexity index is 551. The molecule has 1 aliphatic rings. The van der Waals surface area contributed by atoms with Gasteiger partial charge in [-0.05, 0) is 36.3 Å². The van der Waals surface area contributed by atoms with Crippen LogP contribution < -0.4 is 5.32 Å². The Labute approximate surface area is 123 Å². The molecule has 112 valence electrons. The molecule has 0 atom stereocenters. The average Bonchev–Trinajstić information content (AvgIpc) is 2.49. The number of carbonyl (C=O) groups excluding carboxylic acids is 1. The molecule has 1 aromatic rings. The number of ether oxygens (including phenoxy) is 1. The number of methoxy groups -OCH3 is 1. The van der Waals surface area contributed by atoms with Crippen molar-refractivity contribution in [1.29, 1.82) is 0 Å². The molecule has 0 spiro atoms. The number of hydrogen-bond donors (Lipinski definition) is 2. The maximum atomic E-state index is 12.1. The number of aromatic carboxylic acids is 1. The molecule has 2 N–H and O–H groups in total. The lowest BCUT2D eigenvalue weighted by atomic mass is 10.1. The zero-order valence-electron chi connectivity index (χ0n) is 11.8. The maximum Gasteiger partial charge on any atom is 0.335 e. The summed E-state index contributed by atoms with van der Waals surface area (Å²) in [4.78, 5) is 24.5. The summed E-state index contributed by atoms with van der Waals surface area (Å²) in [7, 11) is 1.65. The molecule has 0 saturated heterocycles. The first-order chi connectivity index (χ1) is 10.1. The first kappa shape index (κ1) is 15.1. The number of rotatable bonds is 4. The summed E-state index contributed by atoms with van der Waals surface area (Å²) < 4.78 is 5.07. The van der Waals surface area contributed by atoms with Gasteiger partial charge in [-0.15, -0.1) is 0 Å². The molecule has 6 heteroatoms. The van der Waals surface area contributed by atoms with Crippen molar-refractivity contribution in [2.45, 2.75) is 6.42 Å². The van der Waals surface area contributed by atoms with Crippen LogP contribution in [0, 0.1) is 0 Å². The van der Waals surface area contributed by atoms with E-state index in [1.807, 2.05) is 6.08 Å². The number of anilines is 1. The van der Waals surface area contributed by atoms with Crippen molar-refractivity contribution in [2.24, 2.45) is 0 Å². The van der Waals surface area contributed by atoms with Crippen molar-refractivity contribution in [3.63, 3.8) is 0 Å². The number of benzene rings is 1. The molecule has 0 fully saturated rings. The van der Waals surface area contributed by atoms with Crippen molar-refractivity contribution in [1.82, 2.24) is 4.90 Å². The third kappa shape index (κ3) is 4.06. The summed E-state index contributed by atoms with van der Waals surface area (Å²) in [5.74, 6) is -0.986. The van der Waals surface area contributed by atoms with Crippen LogP contribution in [0.1, 0.15) is 16.8 Å². The highest BCUT2D eigenvalue weighted by Crippen LogP contribution is 2.14. The molecule has 0 unspecified atom stereocenters. The number of nitrogens with one attached hydrogen (secondary N) is 1. The molecule has 1 aromatic carbocycles. The van der Waals surface area contributed by atoms with Gasteiger partial charge in [0.2, 0.25) is 0 Å². The van der Waals surface area contributed by atoms with Crippen LogP contribution in [0.25, 0.3) is 0 Å². The molecule has 0 saturated carbocycles. The lowest BCUT2D eigenvalue weighted by Crippen LogP contribution is -2.38. The first-order valence-corrected chi connectivity index (χ1v) is 6.66. The van der Waals surface area contributed by atoms with Gasteiger partial charge in [0, 0.05) is 25.9 Å². The van der Waals surface area contributed by atoms with E-state index in [1.54, 1.807) is 24.1 Å². The molecule has 1 aliphatic heterocycles. The minimum Gasteiger partial charge on any atom is -0.478 e. The van der Waals surface area contributed by atoms with E-state index in [2.05, 4.69) is 5.32 Å². The van der Waals surface area contributed by atoms with Gasteiger partial charge in [0.15, 0.2) is 0 Å². The number of carbonyl (C=O) groups is 2. The van der Waals surface area contributed by atoms with Gasteiger partial charge in [0.05, 0.1) is 12.2 Å². The Morgan fingerprint density at radius 1 is 1.33 bits per heavy atom. The van der Waals surface area contributed by atoms with Gasteiger partial charge >= 0.3 is 12.0 Å². The van der Waals surface area contributed by atoms with Gasteiger partial charge < -0.3 is 20.1 Å². The Morgan fingerprint density at radius 3 is 2.57 bits per heavy atom. The predicted octanol–water partition coefficient (Wildman–Crippen LogP) is 2.20. The zero-order chi connectivity index (χ0) is 15.2. The SMILES string of the molecule is COCC1=CCN(C(=O)Nc2ccc(C(=O)O)cc2)CC1. The number of carboxylic acids is 1. The predicted molar refractivity (Wildman–Crippen MR) is 78.6 cm³/mol. The molecule has 6 nitrogen and oxygen atoms in total. The summed E-state index contributed by atoms with van der Waals surface area (Å²) >= 11 is 0. The maximum absolute atomic E-state index is 12.1. The number of hydrogen-bond acceptors (Lipinski definition) is 3. The van der Waals surface area contributed by atoms with Crippen LogP contribution in [-0.4, -0.2) is 48.8 Å². The molecule has 0 radical (unpaired) electrons. The van der Waals surface area contributed by atoms with E-state index in [1.165, 1.54) is 17.7 Å². The summed E-state index contributed by atoms with van der Waals surface area (Å²) in [6, 6.07) is 5.90. The molecule has 21 heavy (non-hydrogen) atoms. The highest BCUT2D eigenvalue weighted by Gasteiger charge is 2.17. The quantitative estimate of drug-likeness (QED) is 0.833. The molecule has 2 amide bonds. The molecular weight excluding hydrogens is 272 g/mol. The minimum absolute atomic E-state index is 0.189. The van der Waals surface area contributed by atoms with Gasteiger partial charge in [-0.25, -0.2) is 9.59 Å². The van der Waals surface area contributed by atoms with Crippen molar-refractivity contribution in [3.8, 4) is 0 Å². The Hall–Kier alpha value is -2.34. The monoisotopic (exact) mass is 290 g/mol. The average molecular weight is 290 g/mol. The highest BCUT2D eigenvalue weighted by molar-refractivity contribution is 5.91. The number of urea groups is 1. The molecule has 2 rings (SSSR count). The first-order valence-electron chi connectivity index (χ1n) is 6.66. The molecule has 0 aromatic heterocycles. The van der Waals surface area contributed by atoms with Crippen molar-refractivity contribution in [3.05, 3.63) is 41.5 Å². The molecule has 1 heterocycles. The van der Waals surface area contributed by atoms with E-state index >= 15 is 0 Å². The van der Waals surface area contributed by atoms with Gasteiger partial charge in [-0.2, -0.15) is 0 Å². The van der Waals surface area contributed by atoms with Crippen LogP contribution in [0.15, 0.2) is 35.9 Å². The molecular formula is C15H18N2O4. The largest absolute Gasteiger partial charge is 0.478 e. The second kappa shape index (κ2) is 6.90. The minimum atomic E-state index is -0.986. The van der Waals surface area contributed by atoms with E-state index in [4.69, 9.17) is 9.84 Å². The van der Waals surface area contributed by atoms with Crippen LogP contribution in [0.5, 0.6) is 0 Å². The van der Waals surface area contributed by atoms with Gasteiger partial charge in [-0.3, -0.25) is 0 Å². The van der Waals surface area contributed by atoms with Crippen molar-refractivity contribution in [2.75, 3.05) is 32.1 Å². The van der Waals surface area contributed by atoms with Crippen LogP contribution >= 0.6 is 0 Å². The lowest BCUT2D eigenvalue weighted by molar-refractivity contribution is 0.0697. The Morgan fingerprint density at radius 2 is 2.05 bits per heavy atom. The second-order valence-corrected chi connectivity index (χ2v) is 4.80. The number of carboxylic acid groups (broad SMARTS) is 1. The third-order valence-corrected chi connectivity index (χ3v) is 3.30. The zero-order valence-corrected chi connectivity index (χ0v) is 11.8. The normalized spacial score (nSPS) is 14.5. The Balaban J connectivity index is 1.91. The van der Waals surface area contributed by atoms with Gasteiger partial charge in [0.25, 0.3) is 0 Å². The smallest absolute Gasteiger partial charge is 0.335 e. The van der Waals surface area contributed by atoms with E-state index in [9.17, 15) is 9.59 Å². The fourth-order valence-electron chi connectivity index (χ4n) is 2.11. The second-order valence-electron chi connectivity index (χ2n) is 4.80. The van der Waals surface area contributed by atoms with E-state index < -0.39 is 5.97 Å². The van der Waals surface area contributed by atoms with E-state index in [0.717, 1.165) is 6.42 Å². The molecule has 0 bridgehead atoms. The number of amides is 2. The summed E-state index contributed by atoms with van der Waals surface area (Å²) in [6.07, 6.45) is 2.80. The van der Waals surface area contributed by atoms with Gasteiger partial charge in [-0.1, -0.05) is 6.08 Å². The van der Waals surface area contributed by atoms with Crippen LogP contribution in [0.4, 0.5) is 10.5 Å². The van der Waals surface area contributed by atoms with Gasteiger partial charge in [0.1, 0.15) is 0 Å². The summed E-state index contributed by atoms with van der Waals surface area (Å²) in [5, 5.41) is 11.6. The highest BCUT2D eigenvalue weighted by atomic mass is 16.5. The van der Waals surface area contributed by atoms with Crippen LogP contribution in [0.3, 0.4) is 0 Å². The fourth-order valence-corrected chi connectivity index (χ4v) is 2.11. The van der Waals surface area contributed by atoms with E-state index in [-0.39, 0.29) is 11.6 Å². The standard InChI is InChI=1S/C15H18N2O4/c1-21-10-11-6-8-17(9-7-11)15(20)16-13-4-2-12(3-5-13)14(18)19/h2-6H,7-10H2,1H3,(H,16,20)(H,18,19). The molecule has 0 aliphatic carbocycles. The van der Waals surface area contributed by atoms with Crippen molar-refractivity contribution >= 4 is 17.7 Å². The van der Waals surface area contributed by atoms with Crippen LogP contribution in [0.2, 0.25) is 0 Å². The summed E-state index contributed by atoms with van der Waals surface area (Å²) in [5.41, 5.74) is 1.97. The number of nitrogens with zero attached hydrogens (tertiary/aromatic N) is 1. The Kier molecular flexibility index (Phi) is 4.94. The van der Waals surface area contributed by atoms with Crippen molar-refractivity contribution < 1.29 is 19.4 Å². The summed E-state index contributed by atoms with van der Waals surface area (Å²) in [6.45, 7) is 1.80. The fraction of sp³-hybridized carbons (Fsp3) is 0.333. The lowest BCUT2D eigenvalue weighted by Gasteiger charge is -2.26. The van der Waals surface area contributed by atoms with E-state index in [0.29, 0.717) is 25.4 Å². The third-order valence-electron chi connectivity index (χ3n) is 3.30.